The summed E-state index contributed by atoms with van der Waals surface area (Å²) in [5.74, 6) is -1.03. The lowest BCUT2D eigenvalue weighted by molar-refractivity contribution is -0.130. The molecule has 0 heterocycles. The Labute approximate surface area is 75.4 Å². The van der Waals surface area contributed by atoms with E-state index in [1.165, 1.54) is 0 Å². The molecule has 6 nitrogen and oxygen atoms in total. The fraction of sp³-hybridized carbons (Fsp3) is 0.500. The summed E-state index contributed by atoms with van der Waals surface area (Å²) in [4.78, 5) is 19.3. The summed E-state index contributed by atoms with van der Waals surface area (Å²) in [5, 5.41) is 8.32. The number of hydrogen-bond donors (Lipinski definition) is 2. The van der Waals surface area contributed by atoms with Crippen molar-refractivity contribution in [1.29, 1.82) is 0 Å². The van der Waals surface area contributed by atoms with E-state index in [0.29, 0.717) is 0 Å². The van der Waals surface area contributed by atoms with Crippen molar-refractivity contribution in [2.24, 2.45) is 0 Å². The first-order valence-electron chi connectivity index (χ1n) is 3.46. The molecule has 0 aromatic carbocycles. The fourth-order valence-corrected chi connectivity index (χ4v) is 1.14. The number of rotatable bonds is 6. The zero-order valence-corrected chi connectivity index (χ0v) is 7.77. The van der Waals surface area contributed by atoms with E-state index in [4.69, 9.17) is 10.00 Å². The van der Waals surface area contributed by atoms with Crippen LogP contribution >= 0.6 is 7.82 Å². The van der Waals surface area contributed by atoms with Gasteiger partial charge in [-0.2, -0.15) is 0 Å². The lowest BCUT2D eigenvalue weighted by Gasteiger charge is -2.09. The SMILES string of the molecule is C=CC(=O)OP(=O)(O)OCCCO. The first-order chi connectivity index (χ1) is 6.02. The van der Waals surface area contributed by atoms with Gasteiger partial charge in [-0.25, -0.2) is 9.36 Å². The van der Waals surface area contributed by atoms with Crippen molar-refractivity contribution in [2.75, 3.05) is 13.2 Å². The van der Waals surface area contributed by atoms with E-state index >= 15 is 0 Å². The van der Waals surface area contributed by atoms with Crippen molar-refractivity contribution >= 4 is 13.8 Å². The highest BCUT2D eigenvalue weighted by Crippen LogP contribution is 2.43. The van der Waals surface area contributed by atoms with E-state index < -0.39 is 13.8 Å². The molecule has 0 bridgehead atoms. The Hall–Kier alpha value is -0.680. The molecule has 0 saturated carbocycles. The van der Waals surface area contributed by atoms with Gasteiger partial charge in [-0.1, -0.05) is 6.58 Å². The molecule has 0 saturated heterocycles. The highest BCUT2D eigenvalue weighted by Gasteiger charge is 2.24. The van der Waals surface area contributed by atoms with Crippen LogP contribution in [0.1, 0.15) is 6.42 Å². The third-order valence-corrected chi connectivity index (χ3v) is 1.85. The van der Waals surface area contributed by atoms with Crippen LogP contribution in [-0.4, -0.2) is 29.2 Å². The standard InChI is InChI=1S/C6H11O6P/c1-2-6(8)12-13(9,10)11-5-3-4-7/h2,7H,1,3-5H2,(H,9,10). The molecule has 0 aliphatic rings. The molecule has 0 aromatic rings. The maximum absolute atomic E-state index is 10.8. The lowest BCUT2D eigenvalue weighted by atomic mass is 10.5. The Morgan fingerprint density at radius 1 is 1.62 bits per heavy atom. The van der Waals surface area contributed by atoms with Gasteiger partial charge in [0.25, 0.3) is 0 Å². The van der Waals surface area contributed by atoms with E-state index in [9.17, 15) is 9.36 Å². The van der Waals surface area contributed by atoms with E-state index in [2.05, 4.69) is 15.6 Å². The fourth-order valence-electron chi connectivity index (χ4n) is 0.422. The highest BCUT2D eigenvalue weighted by atomic mass is 31.2. The van der Waals surface area contributed by atoms with Gasteiger partial charge >= 0.3 is 13.8 Å². The number of phosphoric ester groups is 1. The summed E-state index contributed by atoms with van der Waals surface area (Å²) in [5.41, 5.74) is 0. The molecule has 7 heteroatoms. The van der Waals surface area contributed by atoms with Crippen molar-refractivity contribution in [3.05, 3.63) is 12.7 Å². The Kier molecular flexibility index (Phi) is 5.57. The van der Waals surface area contributed by atoms with Crippen LogP contribution in [0.25, 0.3) is 0 Å². The normalized spacial score (nSPS) is 14.6. The minimum Gasteiger partial charge on any atom is -0.396 e. The third kappa shape index (κ3) is 6.48. The third-order valence-electron chi connectivity index (χ3n) is 0.929. The summed E-state index contributed by atoms with van der Waals surface area (Å²) >= 11 is 0. The number of phosphoric acid groups is 1. The zero-order chi connectivity index (χ0) is 10.3. The molecule has 0 rings (SSSR count). The van der Waals surface area contributed by atoms with Gasteiger partial charge in [0, 0.05) is 12.7 Å². The summed E-state index contributed by atoms with van der Waals surface area (Å²) in [6.07, 6.45) is 0.939. The topological polar surface area (TPSA) is 93.1 Å². The largest absolute Gasteiger partial charge is 0.529 e. The predicted octanol–water partition coefficient (Wildman–Crippen LogP) is 0.215. The molecule has 0 radical (unpaired) electrons. The minimum atomic E-state index is -4.33. The average Bonchev–Trinajstić information content (AvgIpc) is 2.03. The van der Waals surface area contributed by atoms with E-state index in [0.717, 1.165) is 6.08 Å². The molecule has 0 aliphatic heterocycles. The second kappa shape index (κ2) is 5.88. The van der Waals surface area contributed by atoms with Gasteiger partial charge in [0.15, 0.2) is 0 Å². The molecule has 1 atom stereocenters. The molecule has 0 aromatic heterocycles. The Morgan fingerprint density at radius 2 is 2.23 bits per heavy atom. The van der Waals surface area contributed by atoms with E-state index in [-0.39, 0.29) is 19.6 Å². The Morgan fingerprint density at radius 3 is 2.69 bits per heavy atom. The monoisotopic (exact) mass is 210 g/mol. The second-order valence-corrected chi connectivity index (χ2v) is 3.37. The number of aliphatic hydroxyl groups excluding tert-OH is 1. The molecule has 0 spiro atoms. The molecule has 0 fully saturated rings. The number of carbonyl (C=O) groups excluding carboxylic acids is 1. The van der Waals surface area contributed by atoms with Crippen molar-refractivity contribution in [3.63, 3.8) is 0 Å². The molecule has 2 N–H and O–H groups in total. The lowest BCUT2D eigenvalue weighted by Crippen LogP contribution is -2.02. The van der Waals surface area contributed by atoms with Crippen LogP contribution in [-0.2, 0) is 18.4 Å². The van der Waals surface area contributed by atoms with Gasteiger partial charge in [0.1, 0.15) is 0 Å². The summed E-state index contributed by atoms with van der Waals surface area (Å²) in [6.45, 7) is 2.71. The van der Waals surface area contributed by atoms with Gasteiger partial charge in [0.05, 0.1) is 6.61 Å². The summed E-state index contributed by atoms with van der Waals surface area (Å²) < 4.78 is 19.1. The van der Waals surface area contributed by atoms with Gasteiger partial charge in [-0.3, -0.25) is 9.42 Å². The van der Waals surface area contributed by atoms with Crippen LogP contribution in [0.15, 0.2) is 12.7 Å². The van der Waals surface area contributed by atoms with Crippen LogP contribution in [0.3, 0.4) is 0 Å². The van der Waals surface area contributed by atoms with Gasteiger partial charge < -0.3 is 9.63 Å². The maximum Gasteiger partial charge on any atom is 0.529 e. The van der Waals surface area contributed by atoms with Crippen LogP contribution in [0.5, 0.6) is 0 Å². The van der Waals surface area contributed by atoms with Crippen molar-refractivity contribution in [3.8, 4) is 0 Å². The average molecular weight is 210 g/mol. The van der Waals surface area contributed by atoms with Crippen molar-refractivity contribution in [2.45, 2.75) is 6.42 Å². The summed E-state index contributed by atoms with van der Waals surface area (Å²) in [7, 11) is -4.33. The highest BCUT2D eigenvalue weighted by molar-refractivity contribution is 7.48. The number of hydrogen-bond acceptors (Lipinski definition) is 5. The van der Waals surface area contributed by atoms with Gasteiger partial charge in [0.2, 0.25) is 0 Å². The predicted molar refractivity (Wildman–Crippen MR) is 43.8 cm³/mol. The first kappa shape index (κ1) is 12.3. The molecular formula is C6H11O6P. The Bertz CT molecular complexity index is 225. The molecule has 76 valence electrons. The summed E-state index contributed by atoms with van der Waals surface area (Å²) in [6, 6.07) is 0. The molecule has 13 heavy (non-hydrogen) atoms. The Balaban J connectivity index is 3.86. The van der Waals surface area contributed by atoms with Crippen molar-refractivity contribution in [1.82, 2.24) is 0 Å². The van der Waals surface area contributed by atoms with Crippen LogP contribution in [0.2, 0.25) is 0 Å². The minimum absolute atomic E-state index is 0.158. The maximum atomic E-state index is 10.8. The van der Waals surface area contributed by atoms with E-state index in [1.807, 2.05) is 0 Å². The second-order valence-electron chi connectivity index (χ2n) is 1.99. The number of carbonyl (C=O) groups is 1. The zero-order valence-electron chi connectivity index (χ0n) is 6.88. The number of aliphatic hydroxyl groups is 1. The smallest absolute Gasteiger partial charge is 0.396 e. The van der Waals surface area contributed by atoms with Crippen molar-refractivity contribution < 1.29 is 28.4 Å². The quantitative estimate of drug-likeness (QED) is 0.370. The van der Waals surface area contributed by atoms with Gasteiger partial charge in [-0.05, 0) is 6.42 Å². The van der Waals surface area contributed by atoms with Crippen LogP contribution in [0.4, 0.5) is 0 Å². The molecule has 0 amide bonds. The molecular weight excluding hydrogens is 199 g/mol. The van der Waals surface area contributed by atoms with E-state index in [1.54, 1.807) is 0 Å². The van der Waals surface area contributed by atoms with Crippen LogP contribution < -0.4 is 0 Å². The molecule has 1 unspecified atom stereocenters. The van der Waals surface area contributed by atoms with Gasteiger partial charge in [-0.15, -0.1) is 0 Å². The molecule has 0 aliphatic carbocycles. The van der Waals surface area contributed by atoms with Crippen LogP contribution in [0, 0.1) is 0 Å². The first-order valence-corrected chi connectivity index (χ1v) is 4.95.